The van der Waals surface area contributed by atoms with Crippen molar-refractivity contribution >= 4 is 5.90 Å². The summed E-state index contributed by atoms with van der Waals surface area (Å²) in [5.41, 5.74) is 2.51. The maximum absolute atomic E-state index is 6.41. The molecule has 0 aromatic heterocycles. The molecule has 0 N–H and O–H groups in total. The van der Waals surface area contributed by atoms with Crippen molar-refractivity contribution in [1.29, 1.82) is 0 Å². The average molecular weight is 351 g/mol. The molecule has 3 nitrogen and oxygen atoms in total. The molecule has 0 spiro atoms. The highest BCUT2D eigenvalue weighted by molar-refractivity contribution is 5.81. The van der Waals surface area contributed by atoms with Crippen molar-refractivity contribution in [3.63, 3.8) is 0 Å². The van der Waals surface area contributed by atoms with Crippen LogP contribution in [-0.2, 0) is 15.9 Å². The molecule has 1 aliphatic rings. The van der Waals surface area contributed by atoms with Crippen molar-refractivity contribution in [2.24, 2.45) is 10.9 Å². The van der Waals surface area contributed by atoms with Gasteiger partial charge in [-0.3, -0.25) is 0 Å². The standard InChI is InChI=1S/C23H29NO2/c1-3-4-13-20(16-18-11-7-5-8-12-18)23-24-21(17-25-2)22(26-23)19-14-9-6-10-15-19/h5-12,14-15,20-22H,3-4,13,16-17H2,1-2H3/t20-,21+,22+/m1/s1. The monoisotopic (exact) mass is 351 g/mol. The van der Waals surface area contributed by atoms with Crippen LogP contribution in [0.4, 0.5) is 0 Å². The Labute approximate surface area is 157 Å². The van der Waals surface area contributed by atoms with Crippen LogP contribution in [0.1, 0.15) is 43.4 Å². The van der Waals surface area contributed by atoms with Gasteiger partial charge in [0.1, 0.15) is 12.1 Å². The highest BCUT2D eigenvalue weighted by Gasteiger charge is 2.35. The van der Waals surface area contributed by atoms with Gasteiger partial charge in [0.25, 0.3) is 0 Å². The molecule has 1 heterocycles. The number of hydrogen-bond acceptors (Lipinski definition) is 3. The van der Waals surface area contributed by atoms with Crippen LogP contribution in [0.15, 0.2) is 65.7 Å². The Balaban J connectivity index is 1.79. The average Bonchev–Trinajstić information content (AvgIpc) is 3.11. The molecule has 0 fully saturated rings. The van der Waals surface area contributed by atoms with Crippen LogP contribution in [0.25, 0.3) is 0 Å². The van der Waals surface area contributed by atoms with E-state index in [1.165, 1.54) is 24.0 Å². The lowest BCUT2D eigenvalue weighted by Gasteiger charge is -2.20. The maximum Gasteiger partial charge on any atom is 0.188 e. The van der Waals surface area contributed by atoms with Crippen molar-refractivity contribution in [3.05, 3.63) is 71.8 Å². The molecule has 0 unspecified atom stereocenters. The fourth-order valence-corrected chi connectivity index (χ4v) is 3.56. The summed E-state index contributed by atoms with van der Waals surface area (Å²) in [4.78, 5) is 4.95. The first-order valence-corrected chi connectivity index (χ1v) is 9.64. The number of nitrogens with zero attached hydrogens (tertiary/aromatic N) is 1. The van der Waals surface area contributed by atoms with Gasteiger partial charge >= 0.3 is 0 Å². The molecule has 0 saturated carbocycles. The van der Waals surface area contributed by atoms with Gasteiger partial charge in [-0.15, -0.1) is 0 Å². The van der Waals surface area contributed by atoms with E-state index in [0.29, 0.717) is 12.5 Å². The number of benzene rings is 2. The topological polar surface area (TPSA) is 30.8 Å². The van der Waals surface area contributed by atoms with Crippen molar-refractivity contribution in [2.45, 2.75) is 44.8 Å². The predicted molar refractivity (Wildman–Crippen MR) is 107 cm³/mol. The summed E-state index contributed by atoms with van der Waals surface area (Å²) >= 11 is 0. The fraction of sp³-hybridized carbons (Fsp3) is 0.435. The number of aliphatic imine (C=N–C) groups is 1. The summed E-state index contributed by atoms with van der Waals surface area (Å²) in [5, 5.41) is 0. The van der Waals surface area contributed by atoms with Gasteiger partial charge in [0.05, 0.1) is 6.61 Å². The summed E-state index contributed by atoms with van der Waals surface area (Å²) < 4.78 is 11.8. The number of hydrogen-bond donors (Lipinski definition) is 0. The normalized spacial score (nSPS) is 20.5. The van der Waals surface area contributed by atoms with Crippen LogP contribution in [0.3, 0.4) is 0 Å². The van der Waals surface area contributed by atoms with E-state index >= 15 is 0 Å². The minimum Gasteiger partial charge on any atom is -0.470 e. The lowest BCUT2D eigenvalue weighted by Crippen LogP contribution is -2.20. The molecule has 3 atom stereocenters. The number of rotatable bonds is 9. The molecule has 0 bridgehead atoms. The zero-order valence-electron chi connectivity index (χ0n) is 15.8. The third kappa shape index (κ3) is 4.73. The molecule has 0 radical (unpaired) electrons. The molecule has 3 rings (SSSR count). The van der Waals surface area contributed by atoms with E-state index < -0.39 is 0 Å². The second-order valence-electron chi connectivity index (χ2n) is 6.97. The Morgan fingerprint density at radius 2 is 1.73 bits per heavy atom. The van der Waals surface area contributed by atoms with E-state index in [2.05, 4.69) is 61.5 Å². The summed E-state index contributed by atoms with van der Waals surface area (Å²) in [6.45, 7) is 2.81. The Morgan fingerprint density at radius 1 is 1.04 bits per heavy atom. The molecule has 26 heavy (non-hydrogen) atoms. The van der Waals surface area contributed by atoms with Gasteiger partial charge in [-0.25, -0.2) is 4.99 Å². The molecule has 2 aromatic carbocycles. The molecule has 0 amide bonds. The molecule has 0 aliphatic carbocycles. The third-order valence-electron chi connectivity index (χ3n) is 4.94. The predicted octanol–water partition coefficient (Wildman–Crippen LogP) is 5.22. The first-order valence-electron chi connectivity index (χ1n) is 9.64. The van der Waals surface area contributed by atoms with Gasteiger partial charge in [-0.2, -0.15) is 0 Å². The van der Waals surface area contributed by atoms with Crippen molar-refractivity contribution in [1.82, 2.24) is 0 Å². The Bertz CT molecular complexity index is 684. The van der Waals surface area contributed by atoms with Gasteiger partial charge < -0.3 is 9.47 Å². The molecule has 1 aliphatic heterocycles. The van der Waals surface area contributed by atoms with Gasteiger partial charge in [0.2, 0.25) is 0 Å². The minimum absolute atomic E-state index is 0.0253. The molecular formula is C23H29NO2. The highest BCUT2D eigenvalue weighted by Crippen LogP contribution is 2.33. The molecule has 2 aromatic rings. The molecule has 3 heteroatoms. The lowest BCUT2D eigenvalue weighted by molar-refractivity contribution is 0.116. The Morgan fingerprint density at radius 3 is 2.38 bits per heavy atom. The fourth-order valence-electron chi connectivity index (χ4n) is 3.56. The second-order valence-corrected chi connectivity index (χ2v) is 6.97. The van der Waals surface area contributed by atoms with Crippen LogP contribution in [0, 0.1) is 5.92 Å². The van der Waals surface area contributed by atoms with E-state index in [1.54, 1.807) is 7.11 Å². The van der Waals surface area contributed by atoms with E-state index in [0.717, 1.165) is 18.7 Å². The first-order chi connectivity index (χ1) is 12.8. The SMILES string of the molecule is CCCC[C@H](Cc1ccccc1)C1=N[C@@H](COC)[C@H](c2ccccc2)O1. The van der Waals surface area contributed by atoms with Crippen LogP contribution in [0.2, 0.25) is 0 Å². The number of unbranched alkanes of at least 4 members (excludes halogenated alkanes) is 1. The third-order valence-corrected chi connectivity index (χ3v) is 4.94. The van der Waals surface area contributed by atoms with Gasteiger partial charge in [0, 0.05) is 13.0 Å². The van der Waals surface area contributed by atoms with Gasteiger partial charge in [-0.05, 0) is 24.0 Å². The second kappa shape index (κ2) is 9.54. The van der Waals surface area contributed by atoms with E-state index in [-0.39, 0.29) is 12.1 Å². The zero-order valence-corrected chi connectivity index (χ0v) is 15.8. The molecular weight excluding hydrogens is 322 g/mol. The van der Waals surface area contributed by atoms with Crippen LogP contribution >= 0.6 is 0 Å². The van der Waals surface area contributed by atoms with E-state index in [1.807, 2.05) is 6.07 Å². The summed E-state index contributed by atoms with van der Waals surface area (Å²) in [6.07, 6.45) is 4.39. The van der Waals surface area contributed by atoms with Crippen LogP contribution in [0.5, 0.6) is 0 Å². The smallest absolute Gasteiger partial charge is 0.188 e. The van der Waals surface area contributed by atoms with Crippen molar-refractivity contribution in [2.75, 3.05) is 13.7 Å². The molecule has 138 valence electrons. The quantitative estimate of drug-likeness (QED) is 0.620. The Kier molecular flexibility index (Phi) is 6.84. The van der Waals surface area contributed by atoms with Crippen molar-refractivity contribution in [3.8, 4) is 0 Å². The van der Waals surface area contributed by atoms with Gasteiger partial charge in [0.15, 0.2) is 5.90 Å². The van der Waals surface area contributed by atoms with Crippen LogP contribution < -0.4 is 0 Å². The Hall–Kier alpha value is -2.13. The van der Waals surface area contributed by atoms with E-state index in [4.69, 9.17) is 14.5 Å². The molecule has 0 saturated heterocycles. The first kappa shape index (κ1) is 18.7. The van der Waals surface area contributed by atoms with Crippen molar-refractivity contribution < 1.29 is 9.47 Å². The largest absolute Gasteiger partial charge is 0.470 e. The van der Waals surface area contributed by atoms with Gasteiger partial charge in [-0.1, -0.05) is 80.4 Å². The highest BCUT2D eigenvalue weighted by atomic mass is 16.5. The number of ether oxygens (including phenoxy) is 2. The number of methoxy groups -OCH3 is 1. The minimum atomic E-state index is -0.0500. The van der Waals surface area contributed by atoms with E-state index in [9.17, 15) is 0 Å². The lowest BCUT2D eigenvalue weighted by atomic mass is 9.94. The zero-order chi connectivity index (χ0) is 18.2. The summed E-state index contributed by atoms with van der Waals surface area (Å²) in [5.74, 6) is 1.23. The maximum atomic E-state index is 6.41. The summed E-state index contributed by atoms with van der Waals surface area (Å²) in [6, 6.07) is 21.0. The summed E-state index contributed by atoms with van der Waals surface area (Å²) in [7, 11) is 1.73. The van der Waals surface area contributed by atoms with Crippen LogP contribution in [-0.4, -0.2) is 25.7 Å².